The molecule has 0 N–H and O–H groups in total. The first-order valence-corrected chi connectivity index (χ1v) is 4.14. The average Bonchev–Trinajstić information content (AvgIpc) is 2.50. The number of halogens is 1. The lowest BCUT2D eigenvalue weighted by molar-refractivity contribution is -0.128. The first kappa shape index (κ1) is 8.42. The van der Waals surface area contributed by atoms with Crippen molar-refractivity contribution >= 4 is 17.5 Å². The Bertz CT molecular complexity index is 197. The number of likely N-dealkylation sites (tertiary alicyclic amines) is 1. The Morgan fingerprint density at radius 2 is 2.55 bits per heavy atom. The summed E-state index contributed by atoms with van der Waals surface area (Å²) in [5, 5.41) is 0. The zero-order chi connectivity index (χ0) is 8.27. The van der Waals surface area contributed by atoms with Gasteiger partial charge in [0.25, 0.3) is 0 Å². The molecule has 0 unspecified atom stereocenters. The molecule has 3 heteroatoms. The summed E-state index contributed by atoms with van der Waals surface area (Å²) in [6.07, 6.45) is 7.14. The second-order valence-electron chi connectivity index (χ2n) is 2.55. The van der Waals surface area contributed by atoms with E-state index in [1.54, 1.807) is 4.90 Å². The van der Waals surface area contributed by atoms with Gasteiger partial charge in [0.05, 0.1) is 6.04 Å². The third kappa shape index (κ3) is 1.66. The Morgan fingerprint density at radius 3 is 3.09 bits per heavy atom. The van der Waals surface area contributed by atoms with Gasteiger partial charge in [-0.1, -0.05) is 5.92 Å². The van der Waals surface area contributed by atoms with Crippen LogP contribution in [0.15, 0.2) is 0 Å². The molecule has 1 rings (SSSR count). The van der Waals surface area contributed by atoms with Gasteiger partial charge < -0.3 is 4.90 Å². The fourth-order valence-corrected chi connectivity index (χ4v) is 1.47. The molecule has 0 spiro atoms. The predicted molar refractivity (Wildman–Crippen MR) is 44.3 cm³/mol. The Hall–Kier alpha value is -0.680. The molecule has 1 atom stereocenters. The van der Waals surface area contributed by atoms with Crippen LogP contribution in [0.2, 0.25) is 0 Å². The number of amides is 1. The number of rotatable bonds is 1. The molecule has 0 radical (unpaired) electrons. The smallest absolute Gasteiger partial charge is 0.238 e. The molecule has 1 fully saturated rings. The van der Waals surface area contributed by atoms with Crippen molar-refractivity contribution in [3.05, 3.63) is 0 Å². The number of nitrogens with zero attached hydrogens (tertiary/aromatic N) is 1. The molecule has 11 heavy (non-hydrogen) atoms. The van der Waals surface area contributed by atoms with Crippen LogP contribution < -0.4 is 0 Å². The second kappa shape index (κ2) is 3.64. The maximum Gasteiger partial charge on any atom is 0.238 e. The first-order chi connectivity index (χ1) is 5.29. The fourth-order valence-electron chi connectivity index (χ4n) is 1.32. The molecule has 1 aliphatic rings. The largest absolute Gasteiger partial charge is 0.328 e. The van der Waals surface area contributed by atoms with E-state index in [0.29, 0.717) is 0 Å². The van der Waals surface area contributed by atoms with Gasteiger partial charge >= 0.3 is 0 Å². The fraction of sp³-hybridized carbons (Fsp3) is 0.625. The van der Waals surface area contributed by atoms with E-state index in [1.807, 2.05) is 0 Å². The standard InChI is InChI=1S/C8H10ClNO/c1-2-7-4-3-5-10(7)8(11)6-9/h1,7H,3-6H2/t7-/m1/s1. The Balaban J connectivity index is 2.58. The highest BCUT2D eigenvalue weighted by molar-refractivity contribution is 6.27. The highest BCUT2D eigenvalue weighted by Crippen LogP contribution is 2.16. The van der Waals surface area contributed by atoms with Crippen LogP contribution in [0.4, 0.5) is 0 Å². The van der Waals surface area contributed by atoms with Gasteiger partial charge in [0.15, 0.2) is 0 Å². The third-order valence-corrected chi connectivity index (χ3v) is 2.11. The van der Waals surface area contributed by atoms with Gasteiger partial charge in [0.2, 0.25) is 5.91 Å². The molecule has 1 saturated heterocycles. The van der Waals surface area contributed by atoms with Crippen LogP contribution in [0.1, 0.15) is 12.8 Å². The van der Waals surface area contributed by atoms with Crippen molar-refractivity contribution in [3.8, 4) is 12.3 Å². The number of hydrogen-bond acceptors (Lipinski definition) is 1. The van der Waals surface area contributed by atoms with Crippen molar-refractivity contribution < 1.29 is 4.79 Å². The lowest BCUT2D eigenvalue weighted by Gasteiger charge is -2.18. The van der Waals surface area contributed by atoms with Crippen LogP contribution in [-0.4, -0.2) is 29.3 Å². The van der Waals surface area contributed by atoms with E-state index >= 15 is 0 Å². The predicted octanol–water partition coefficient (Wildman–Crippen LogP) is 0.849. The number of carbonyl (C=O) groups is 1. The Kier molecular flexibility index (Phi) is 2.78. The molecule has 1 amide bonds. The molecule has 2 nitrogen and oxygen atoms in total. The molecule has 0 saturated carbocycles. The highest BCUT2D eigenvalue weighted by Gasteiger charge is 2.25. The second-order valence-corrected chi connectivity index (χ2v) is 2.81. The average molecular weight is 172 g/mol. The summed E-state index contributed by atoms with van der Waals surface area (Å²) in [7, 11) is 0. The van der Waals surface area contributed by atoms with Gasteiger partial charge in [0.1, 0.15) is 5.88 Å². The minimum atomic E-state index is -0.0490. The lowest BCUT2D eigenvalue weighted by atomic mass is 10.2. The molecule has 0 aromatic carbocycles. The maximum absolute atomic E-state index is 11.1. The SMILES string of the molecule is C#C[C@@H]1CCCN1C(=O)CCl. The lowest BCUT2D eigenvalue weighted by Crippen LogP contribution is -2.35. The third-order valence-electron chi connectivity index (χ3n) is 1.88. The zero-order valence-corrected chi connectivity index (χ0v) is 6.97. The van der Waals surface area contributed by atoms with Crippen LogP contribution in [0.3, 0.4) is 0 Å². The van der Waals surface area contributed by atoms with E-state index in [0.717, 1.165) is 19.4 Å². The van der Waals surface area contributed by atoms with Gasteiger partial charge in [0, 0.05) is 6.54 Å². The quantitative estimate of drug-likeness (QED) is 0.423. The van der Waals surface area contributed by atoms with Gasteiger partial charge in [-0.25, -0.2) is 0 Å². The first-order valence-electron chi connectivity index (χ1n) is 3.61. The van der Waals surface area contributed by atoms with E-state index in [9.17, 15) is 4.79 Å². The molecule has 0 bridgehead atoms. The molecule has 0 aromatic heterocycles. The summed E-state index contributed by atoms with van der Waals surface area (Å²) < 4.78 is 0. The number of hydrogen-bond donors (Lipinski definition) is 0. The van der Waals surface area contributed by atoms with E-state index in [1.165, 1.54) is 0 Å². The van der Waals surface area contributed by atoms with Crippen molar-refractivity contribution in [1.29, 1.82) is 0 Å². The summed E-state index contributed by atoms with van der Waals surface area (Å²) >= 11 is 5.39. The van der Waals surface area contributed by atoms with Crippen molar-refractivity contribution in [2.45, 2.75) is 18.9 Å². The van der Waals surface area contributed by atoms with Gasteiger partial charge in [-0.05, 0) is 12.8 Å². The normalized spacial score (nSPS) is 23.3. The highest BCUT2D eigenvalue weighted by atomic mass is 35.5. The van der Waals surface area contributed by atoms with E-state index in [2.05, 4.69) is 5.92 Å². The summed E-state index contributed by atoms with van der Waals surface area (Å²) in [5.41, 5.74) is 0. The number of terminal acetylenes is 1. The molecule has 60 valence electrons. The monoisotopic (exact) mass is 171 g/mol. The topological polar surface area (TPSA) is 20.3 Å². The van der Waals surface area contributed by atoms with E-state index in [-0.39, 0.29) is 17.8 Å². The van der Waals surface area contributed by atoms with Crippen molar-refractivity contribution in [3.63, 3.8) is 0 Å². The summed E-state index contributed by atoms with van der Waals surface area (Å²) in [6.45, 7) is 0.764. The van der Waals surface area contributed by atoms with Crippen LogP contribution >= 0.6 is 11.6 Å². The van der Waals surface area contributed by atoms with Crippen molar-refractivity contribution in [1.82, 2.24) is 4.90 Å². The molecule has 0 aliphatic carbocycles. The van der Waals surface area contributed by atoms with Crippen molar-refractivity contribution in [2.24, 2.45) is 0 Å². The zero-order valence-electron chi connectivity index (χ0n) is 6.22. The van der Waals surface area contributed by atoms with Crippen LogP contribution in [-0.2, 0) is 4.79 Å². The summed E-state index contributed by atoms with van der Waals surface area (Å²) in [4.78, 5) is 12.8. The number of alkyl halides is 1. The molecular formula is C8H10ClNO. The van der Waals surface area contributed by atoms with Gasteiger partial charge in [-0.3, -0.25) is 4.79 Å². The minimum absolute atomic E-state index is 0.0127. The van der Waals surface area contributed by atoms with Gasteiger partial charge in [-0.15, -0.1) is 18.0 Å². The molecule has 1 aliphatic heterocycles. The minimum Gasteiger partial charge on any atom is -0.328 e. The van der Waals surface area contributed by atoms with Crippen LogP contribution in [0, 0.1) is 12.3 Å². The van der Waals surface area contributed by atoms with Gasteiger partial charge in [-0.2, -0.15) is 0 Å². The van der Waals surface area contributed by atoms with Crippen LogP contribution in [0.25, 0.3) is 0 Å². The van der Waals surface area contributed by atoms with E-state index < -0.39 is 0 Å². The Labute approximate surface area is 71.5 Å². The van der Waals surface area contributed by atoms with E-state index in [4.69, 9.17) is 18.0 Å². The van der Waals surface area contributed by atoms with Crippen LogP contribution in [0.5, 0.6) is 0 Å². The Morgan fingerprint density at radius 1 is 1.82 bits per heavy atom. The van der Waals surface area contributed by atoms with Crippen molar-refractivity contribution in [2.75, 3.05) is 12.4 Å². The summed E-state index contributed by atoms with van der Waals surface area (Å²) in [5.74, 6) is 2.57. The number of carbonyl (C=O) groups excluding carboxylic acids is 1. The molecule has 1 heterocycles. The molecule has 0 aromatic rings. The summed E-state index contributed by atoms with van der Waals surface area (Å²) in [6, 6.07) is -0.0127. The molecular weight excluding hydrogens is 162 g/mol. The maximum atomic E-state index is 11.1.